The van der Waals surface area contributed by atoms with Gasteiger partial charge in [0.15, 0.2) is 0 Å². The number of carboxylic acid groups (broad SMARTS) is 1. The molecule has 0 fully saturated rings. The summed E-state index contributed by atoms with van der Waals surface area (Å²) in [6.07, 6.45) is 0.358. The SMILES string of the molecule is CN(CCCC(=O)NCc1ccc(C(=O)O)o1)S(=O)(=O)c1ccc(F)cc1. The van der Waals surface area contributed by atoms with E-state index in [4.69, 9.17) is 9.52 Å². The van der Waals surface area contributed by atoms with Crippen LogP contribution in [0.15, 0.2) is 45.7 Å². The molecular formula is C17H19FN2O6S. The molecule has 0 radical (unpaired) electrons. The van der Waals surface area contributed by atoms with Gasteiger partial charge in [0.2, 0.25) is 21.7 Å². The Hall–Kier alpha value is -2.72. The van der Waals surface area contributed by atoms with Gasteiger partial charge in [0, 0.05) is 20.0 Å². The fraction of sp³-hybridized carbons (Fsp3) is 0.294. The van der Waals surface area contributed by atoms with E-state index in [0.717, 1.165) is 16.4 Å². The summed E-state index contributed by atoms with van der Waals surface area (Å²) in [4.78, 5) is 22.5. The lowest BCUT2D eigenvalue weighted by molar-refractivity contribution is -0.121. The number of carbonyl (C=O) groups is 2. The Balaban J connectivity index is 1.78. The number of halogens is 1. The lowest BCUT2D eigenvalue weighted by atomic mass is 10.3. The zero-order valence-electron chi connectivity index (χ0n) is 14.5. The molecule has 2 aromatic rings. The summed E-state index contributed by atoms with van der Waals surface area (Å²) in [5.74, 6) is -1.96. The molecule has 27 heavy (non-hydrogen) atoms. The van der Waals surface area contributed by atoms with Gasteiger partial charge in [-0.3, -0.25) is 4.79 Å². The molecular weight excluding hydrogens is 379 g/mol. The number of furan rings is 1. The van der Waals surface area contributed by atoms with Crippen molar-refractivity contribution in [3.8, 4) is 0 Å². The molecule has 2 rings (SSSR count). The Bertz CT molecular complexity index is 908. The second kappa shape index (κ2) is 8.78. The highest BCUT2D eigenvalue weighted by Gasteiger charge is 2.20. The van der Waals surface area contributed by atoms with Crippen molar-refractivity contribution < 1.29 is 31.9 Å². The van der Waals surface area contributed by atoms with Crippen LogP contribution in [0.1, 0.15) is 29.2 Å². The molecule has 8 nitrogen and oxygen atoms in total. The number of hydrogen-bond donors (Lipinski definition) is 2. The third-order valence-electron chi connectivity index (χ3n) is 3.73. The van der Waals surface area contributed by atoms with Gasteiger partial charge in [-0.1, -0.05) is 0 Å². The molecule has 0 unspecified atom stereocenters. The van der Waals surface area contributed by atoms with Gasteiger partial charge in [-0.25, -0.2) is 21.9 Å². The predicted molar refractivity (Wildman–Crippen MR) is 93.0 cm³/mol. The molecule has 2 N–H and O–H groups in total. The molecule has 1 heterocycles. The van der Waals surface area contributed by atoms with Gasteiger partial charge in [0.1, 0.15) is 11.6 Å². The van der Waals surface area contributed by atoms with Crippen molar-refractivity contribution in [2.24, 2.45) is 0 Å². The highest BCUT2D eigenvalue weighted by atomic mass is 32.2. The summed E-state index contributed by atoms with van der Waals surface area (Å²) in [5, 5.41) is 11.3. The zero-order chi connectivity index (χ0) is 20.0. The quantitative estimate of drug-likeness (QED) is 0.666. The van der Waals surface area contributed by atoms with Gasteiger partial charge in [-0.15, -0.1) is 0 Å². The van der Waals surface area contributed by atoms with Crippen LogP contribution in [-0.2, 0) is 21.4 Å². The molecule has 10 heteroatoms. The number of carbonyl (C=O) groups excluding carboxylic acids is 1. The number of nitrogens with one attached hydrogen (secondary N) is 1. The van der Waals surface area contributed by atoms with Crippen LogP contribution >= 0.6 is 0 Å². The first-order valence-corrected chi connectivity index (χ1v) is 9.45. The highest BCUT2D eigenvalue weighted by Crippen LogP contribution is 2.15. The Labute approximate surface area is 155 Å². The van der Waals surface area contributed by atoms with Crippen LogP contribution in [0, 0.1) is 5.82 Å². The number of nitrogens with zero attached hydrogens (tertiary/aromatic N) is 1. The minimum Gasteiger partial charge on any atom is -0.475 e. The van der Waals surface area contributed by atoms with E-state index in [2.05, 4.69) is 5.32 Å². The van der Waals surface area contributed by atoms with E-state index < -0.39 is 21.8 Å². The minimum absolute atomic E-state index is 0.0251. The molecule has 146 valence electrons. The zero-order valence-corrected chi connectivity index (χ0v) is 15.3. The maximum absolute atomic E-state index is 12.9. The number of rotatable bonds is 9. The fourth-order valence-electron chi connectivity index (χ4n) is 2.23. The van der Waals surface area contributed by atoms with E-state index in [0.29, 0.717) is 5.76 Å². The summed E-state index contributed by atoms with van der Waals surface area (Å²) < 4.78 is 43.7. The second-order valence-electron chi connectivity index (χ2n) is 5.73. The Kier molecular flexibility index (Phi) is 6.70. The summed E-state index contributed by atoms with van der Waals surface area (Å²) in [6, 6.07) is 7.24. The molecule has 0 saturated carbocycles. The molecule has 0 saturated heterocycles. The summed E-state index contributed by atoms with van der Waals surface area (Å²) in [5.41, 5.74) is 0. The van der Waals surface area contributed by atoms with E-state index >= 15 is 0 Å². The molecule has 0 atom stereocenters. The molecule has 1 amide bonds. The summed E-state index contributed by atoms with van der Waals surface area (Å²) in [6.45, 7) is 0.146. The van der Waals surface area contributed by atoms with E-state index in [9.17, 15) is 22.4 Å². The topological polar surface area (TPSA) is 117 Å². The van der Waals surface area contributed by atoms with Crippen LogP contribution < -0.4 is 5.32 Å². The van der Waals surface area contributed by atoms with Gasteiger partial charge >= 0.3 is 5.97 Å². The fourth-order valence-corrected chi connectivity index (χ4v) is 3.44. The maximum Gasteiger partial charge on any atom is 0.371 e. The average molecular weight is 398 g/mol. The van der Waals surface area contributed by atoms with Crippen LogP contribution in [0.3, 0.4) is 0 Å². The molecule has 1 aromatic carbocycles. The lowest BCUT2D eigenvalue weighted by Gasteiger charge is -2.17. The number of amides is 1. The van der Waals surface area contributed by atoms with Crippen molar-refractivity contribution in [2.75, 3.05) is 13.6 Å². The first-order chi connectivity index (χ1) is 12.7. The standard InChI is InChI=1S/C17H19FN2O6S/c1-20(27(24,25)14-7-4-12(18)5-8-14)10-2-3-16(21)19-11-13-6-9-15(26-13)17(22)23/h4-9H,2-3,10-11H2,1H3,(H,19,21)(H,22,23). The molecule has 0 aliphatic heterocycles. The number of aromatic carboxylic acids is 1. The first kappa shape index (κ1) is 20.6. The van der Waals surface area contributed by atoms with E-state index in [1.807, 2.05) is 0 Å². The summed E-state index contributed by atoms with van der Waals surface area (Å²) in [7, 11) is -2.37. The van der Waals surface area contributed by atoms with Crippen LogP contribution in [0.4, 0.5) is 4.39 Å². The van der Waals surface area contributed by atoms with Gasteiger partial charge in [0.05, 0.1) is 11.4 Å². The number of hydrogen-bond acceptors (Lipinski definition) is 5. The Morgan fingerprint density at radius 2 is 1.85 bits per heavy atom. The van der Waals surface area contributed by atoms with Crippen molar-refractivity contribution >= 4 is 21.9 Å². The van der Waals surface area contributed by atoms with Crippen molar-refractivity contribution in [2.45, 2.75) is 24.3 Å². The van der Waals surface area contributed by atoms with Gasteiger partial charge in [-0.2, -0.15) is 0 Å². The lowest BCUT2D eigenvalue weighted by Crippen LogP contribution is -2.29. The van der Waals surface area contributed by atoms with Crippen LogP contribution in [0.25, 0.3) is 0 Å². The van der Waals surface area contributed by atoms with Crippen molar-refractivity contribution in [3.05, 3.63) is 53.7 Å². The molecule has 0 aliphatic rings. The van der Waals surface area contributed by atoms with Gasteiger partial charge in [-0.05, 0) is 42.8 Å². The Morgan fingerprint density at radius 1 is 1.19 bits per heavy atom. The normalized spacial score (nSPS) is 11.5. The van der Waals surface area contributed by atoms with E-state index in [1.165, 1.54) is 31.3 Å². The monoisotopic (exact) mass is 398 g/mol. The summed E-state index contributed by atoms with van der Waals surface area (Å²) >= 11 is 0. The van der Waals surface area contributed by atoms with E-state index in [-0.39, 0.29) is 42.5 Å². The number of carboxylic acids is 1. The van der Waals surface area contributed by atoms with Crippen molar-refractivity contribution in [1.29, 1.82) is 0 Å². The Morgan fingerprint density at radius 3 is 2.44 bits per heavy atom. The second-order valence-corrected chi connectivity index (χ2v) is 7.78. The third kappa shape index (κ3) is 5.63. The molecule has 0 aliphatic carbocycles. The first-order valence-electron chi connectivity index (χ1n) is 8.01. The van der Waals surface area contributed by atoms with Crippen LogP contribution in [-0.4, -0.2) is 43.3 Å². The van der Waals surface area contributed by atoms with Crippen molar-refractivity contribution in [3.63, 3.8) is 0 Å². The van der Waals surface area contributed by atoms with Crippen LogP contribution in [0.2, 0.25) is 0 Å². The number of sulfonamides is 1. The average Bonchev–Trinajstić information content (AvgIpc) is 3.09. The third-order valence-corrected chi connectivity index (χ3v) is 5.60. The van der Waals surface area contributed by atoms with Gasteiger partial charge < -0.3 is 14.8 Å². The highest BCUT2D eigenvalue weighted by molar-refractivity contribution is 7.89. The van der Waals surface area contributed by atoms with Crippen LogP contribution in [0.5, 0.6) is 0 Å². The largest absolute Gasteiger partial charge is 0.475 e. The minimum atomic E-state index is -3.75. The van der Waals surface area contributed by atoms with E-state index in [1.54, 1.807) is 0 Å². The number of benzene rings is 1. The molecule has 0 bridgehead atoms. The molecule has 1 aromatic heterocycles. The predicted octanol–water partition coefficient (Wildman–Crippen LogP) is 1.83. The van der Waals surface area contributed by atoms with Crippen molar-refractivity contribution in [1.82, 2.24) is 9.62 Å². The smallest absolute Gasteiger partial charge is 0.371 e. The maximum atomic E-state index is 12.9. The van der Waals surface area contributed by atoms with Gasteiger partial charge in [0.25, 0.3) is 0 Å². The molecule has 0 spiro atoms.